The number of nitrogens with one attached hydrogen (secondary N) is 2. The van der Waals surface area contributed by atoms with Gasteiger partial charge in [-0.1, -0.05) is 19.3 Å². The van der Waals surface area contributed by atoms with E-state index < -0.39 is 18.0 Å². The van der Waals surface area contributed by atoms with Gasteiger partial charge in [-0.05, 0) is 39.2 Å². The van der Waals surface area contributed by atoms with E-state index in [0.717, 1.165) is 25.7 Å². The molecule has 1 aromatic rings. The molecule has 0 radical (unpaired) electrons. The van der Waals surface area contributed by atoms with E-state index in [0.29, 0.717) is 16.8 Å². The van der Waals surface area contributed by atoms with Crippen LogP contribution in [0.25, 0.3) is 0 Å². The molecule has 0 saturated heterocycles. The third-order valence-electron chi connectivity index (χ3n) is 4.64. The fraction of sp³-hybridized carbons (Fsp3) is 0.611. The van der Waals surface area contributed by atoms with Gasteiger partial charge in [0.15, 0.2) is 6.10 Å². The molecular weight excluding hydrogens is 324 g/mol. The van der Waals surface area contributed by atoms with E-state index in [1.807, 2.05) is 0 Å². The Morgan fingerprint density at radius 2 is 1.76 bits per heavy atom. The molecule has 0 aromatic carbocycles. The van der Waals surface area contributed by atoms with E-state index in [1.54, 1.807) is 20.8 Å². The minimum atomic E-state index is -0.904. The number of H-pyrrole nitrogens is 1. The third kappa shape index (κ3) is 4.41. The summed E-state index contributed by atoms with van der Waals surface area (Å²) in [4.78, 5) is 39.2. The first kappa shape index (κ1) is 19.0. The lowest BCUT2D eigenvalue weighted by molar-refractivity contribution is -0.130. The number of hydrogen-bond acceptors (Lipinski definition) is 5. The zero-order valence-corrected chi connectivity index (χ0v) is 15.2. The first-order chi connectivity index (χ1) is 11.8. The lowest BCUT2D eigenvalue weighted by atomic mass is 9.95. The Balaban J connectivity index is 2.01. The van der Waals surface area contributed by atoms with Crippen LogP contribution in [0.15, 0.2) is 0 Å². The number of aryl methyl sites for hydroxylation is 1. The summed E-state index contributed by atoms with van der Waals surface area (Å²) in [6, 6.07) is 0.155. The van der Waals surface area contributed by atoms with Gasteiger partial charge >= 0.3 is 11.9 Å². The van der Waals surface area contributed by atoms with Gasteiger partial charge in [-0.25, -0.2) is 9.59 Å². The number of carbonyl (C=O) groups excluding carboxylic acids is 3. The molecule has 1 atom stereocenters. The van der Waals surface area contributed by atoms with Crippen molar-refractivity contribution in [2.45, 2.75) is 65.0 Å². The van der Waals surface area contributed by atoms with E-state index in [9.17, 15) is 14.4 Å². The zero-order chi connectivity index (χ0) is 18.6. The minimum absolute atomic E-state index is 0.155. The second-order valence-corrected chi connectivity index (χ2v) is 6.51. The fourth-order valence-electron chi connectivity index (χ4n) is 3.20. The van der Waals surface area contributed by atoms with Crippen molar-refractivity contribution in [3.63, 3.8) is 0 Å². The maximum atomic E-state index is 12.4. The van der Waals surface area contributed by atoms with E-state index >= 15 is 0 Å². The van der Waals surface area contributed by atoms with Crippen molar-refractivity contribution >= 4 is 17.8 Å². The van der Waals surface area contributed by atoms with Crippen molar-refractivity contribution in [1.29, 1.82) is 0 Å². The fourth-order valence-corrected chi connectivity index (χ4v) is 3.20. The summed E-state index contributed by atoms with van der Waals surface area (Å²) < 4.78 is 9.99. The Bertz CT molecular complexity index is 659. The summed E-state index contributed by atoms with van der Waals surface area (Å²) in [5, 5.41) is 2.93. The van der Waals surface area contributed by atoms with Crippen LogP contribution in [0.3, 0.4) is 0 Å². The largest absolute Gasteiger partial charge is 0.465 e. The molecule has 1 aliphatic rings. The van der Waals surface area contributed by atoms with Crippen LogP contribution in [0.1, 0.15) is 71.1 Å². The Kier molecular flexibility index (Phi) is 6.22. The number of amides is 1. The number of hydrogen-bond donors (Lipinski definition) is 2. The molecule has 7 nitrogen and oxygen atoms in total. The highest BCUT2D eigenvalue weighted by Crippen LogP contribution is 2.20. The summed E-state index contributed by atoms with van der Waals surface area (Å²) in [5.41, 5.74) is 1.45. The molecule has 138 valence electrons. The standard InChI is InChI=1S/C18H26N2O5/c1-10-14(17(22)24-4)11(2)19-15(10)18(23)25-12(3)16(21)20-13-8-6-5-7-9-13/h12-13,19H,5-9H2,1-4H3,(H,20,21)/t12-/m1/s1. The molecule has 1 amide bonds. The first-order valence-electron chi connectivity index (χ1n) is 8.64. The van der Waals surface area contributed by atoms with Crippen molar-refractivity contribution in [3.05, 3.63) is 22.5 Å². The molecule has 0 aliphatic heterocycles. The molecular formula is C18H26N2O5. The van der Waals surface area contributed by atoms with Gasteiger partial charge in [-0.2, -0.15) is 0 Å². The van der Waals surface area contributed by atoms with Crippen LogP contribution >= 0.6 is 0 Å². The van der Waals surface area contributed by atoms with Gasteiger partial charge in [-0.15, -0.1) is 0 Å². The number of ether oxygens (including phenoxy) is 2. The highest BCUT2D eigenvalue weighted by molar-refractivity contribution is 5.99. The number of esters is 2. The zero-order valence-electron chi connectivity index (χ0n) is 15.2. The summed E-state index contributed by atoms with van der Waals surface area (Å²) in [5.74, 6) is -1.48. The van der Waals surface area contributed by atoms with E-state index in [4.69, 9.17) is 9.47 Å². The van der Waals surface area contributed by atoms with Gasteiger partial charge in [0.05, 0.1) is 12.7 Å². The van der Waals surface area contributed by atoms with E-state index in [1.165, 1.54) is 13.5 Å². The number of rotatable bonds is 5. The maximum absolute atomic E-state index is 12.4. The van der Waals surface area contributed by atoms with Crippen LogP contribution in [0.5, 0.6) is 0 Å². The molecule has 0 spiro atoms. The third-order valence-corrected chi connectivity index (χ3v) is 4.64. The summed E-state index contributed by atoms with van der Waals surface area (Å²) >= 11 is 0. The topological polar surface area (TPSA) is 97.5 Å². The highest BCUT2D eigenvalue weighted by Gasteiger charge is 2.27. The molecule has 2 N–H and O–H groups in total. The molecule has 1 aromatic heterocycles. The Hall–Kier alpha value is -2.31. The number of methoxy groups -OCH3 is 1. The maximum Gasteiger partial charge on any atom is 0.355 e. The lowest BCUT2D eigenvalue weighted by Crippen LogP contribution is -2.42. The van der Waals surface area contributed by atoms with Crippen LogP contribution in [0.4, 0.5) is 0 Å². The SMILES string of the molecule is COC(=O)c1c(C)[nH]c(C(=O)O[C@H](C)C(=O)NC2CCCCC2)c1C. The van der Waals surface area contributed by atoms with Gasteiger partial charge in [0, 0.05) is 11.7 Å². The van der Waals surface area contributed by atoms with Gasteiger partial charge in [0.2, 0.25) is 0 Å². The van der Waals surface area contributed by atoms with Gasteiger partial charge < -0.3 is 19.8 Å². The van der Waals surface area contributed by atoms with Crippen LogP contribution in [0, 0.1) is 13.8 Å². The first-order valence-corrected chi connectivity index (χ1v) is 8.64. The van der Waals surface area contributed by atoms with Crippen molar-refractivity contribution in [2.24, 2.45) is 0 Å². The van der Waals surface area contributed by atoms with E-state index in [2.05, 4.69) is 10.3 Å². The van der Waals surface area contributed by atoms with Crippen LogP contribution < -0.4 is 5.32 Å². The quantitative estimate of drug-likeness (QED) is 0.795. The van der Waals surface area contributed by atoms with Crippen LogP contribution in [0.2, 0.25) is 0 Å². The van der Waals surface area contributed by atoms with Crippen LogP contribution in [-0.4, -0.2) is 42.1 Å². The summed E-state index contributed by atoms with van der Waals surface area (Å²) in [6.45, 7) is 4.86. The smallest absolute Gasteiger partial charge is 0.355 e. The normalized spacial score (nSPS) is 16.2. The monoisotopic (exact) mass is 350 g/mol. The summed E-state index contributed by atoms with van der Waals surface area (Å²) in [6.07, 6.45) is 4.43. The molecule has 1 saturated carbocycles. The Morgan fingerprint density at radius 3 is 2.36 bits per heavy atom. The predicted octanol–water partition coefficient (Wildman–Crippen LogP) is 2.41. The van der Waals surface area contributed by atoms with Crippen molar-refractivity contribution < 1.29 is 23.9 Å². The molecule has 1 fully saturated rings. The predicted molar refractivity (Wildman–Crippen MR) is 91.5 cm³/mol. The highest BCUT2D eigenvalue weighted by atomic mass is 16.5. The molecule has 1 aliphatic carbocycles. The average Bonchev–Trinajstić information content (AvgIpc) is 2.89. The van der Waals surface area contributed by atoms with Crippen molar-refractivity contribution in [1.82, 2.24) is 10.3 Å². The summed E-state index contributed by atoms with van der Waals surface area (Å²) in [7, 11) is 1.28. The molecule has 2 rings (SSSR count). The lowest BCUT2D eigenvalue weighted by Gasteiger charge is -2.24. The molecule has 1 heterocycles. The number of aromatic nitrogens is 1. The van der Waals surface area contributed by atoms with Gasteiger partial charge in [0.1, 0.15) is 5.69 Å². The molecule has 0 unspecified atom stereocenters. The molecule has 7 heteroatoms. The number of carbonyl (C=O) groups is 3. The molecule has 25 heavy (non-hydrogen) atoms. The Labute approximate surface area is 147 Å². The van der Waals surface area contributed by atoms with Crippen molar-refractivity contribution in [3.8, 4) is 0 Å². The second-order valence-electron chi connectivity index (χ2n) is 6.51. The average molecular weight is 350 g/mol. The van der Waals surface area contributed by atoms with Crippen LogP contribution in [-0.2, 0) is 14.3 Å². The van der Waals surface area contributed by atoms with Gasteiger partial charge in [0.25, 0.3) is 5.91 Å². The van der Waals surface area contributed by atoms with E-state index in [-0.39, 0.29) is 17.6 Å². The molecule has 0 bridgehead atoms. The van der Waals surface area contributed by atoms with Gasteiger partial charge in [-0.3, -0.25) is 4.79 Å². The Morgan fingerprint density at radius 1 is 1.12 bits per heavy atom. The minimum Gasteiger partial charge on any atom is -0.465 e. The second kappa shape index (κ2) is 8.18. The number of aromatic amines is 1. The van der Waals surface area contributed by atoms with Crippen molar-refractivity contribution in [2.75, 3.05) is 7.11 Å².